The monoisotopic (exact) mass is 212 g/mol. The van der Waals surface area contributed by atoms with Crippen LogP contribution in [0.5, 0.6) is 0 Å². The van der Waals surface area contributed by atoms with Gasteiger partial charge in [0.1, 0.15) is 0 Å². The maximum absolute atomic E-state index is 11.6. The SMILES string of the molecule is C=C(Cl)C(C(F)(F)F)C(F)(F)F. The quantitative estimate of drug-likeness (QED) is 0.584. The maximum Gasteiger partial charge on any atom is 0.405 e. The number of hydrogen-bond acceptors (Lipinski definition) is 0. The summed E-state index contributed by atoms with van der Waals surface area (Å²) in [6, 6.07) is 0. The van der Waals surface area contributed by atoms with Gasteiger partial charge in [-0.2, -0.15) is 26.3 Å². The lowest BCUT2D eigenvalue weighted by Crippen LogP contribution is -2.36. The molecule has 0 N–H and O–H groups in total. The van der Waals surface area contributed by atoms with E-state index in [0.29, 0.717) is 0 Å². The van der Waals surface area contributed by atoms with Crippen LogP contribution in [0.15, 0.2) is 11.6 Å². The molecule has 12 heavy (non-hydrogen) atoms. The first-order valence-electron chi connectivity index (χ1n) is 2.54. The Morgan fingerprint density at radius 1 is 1.00 bits per heavy atom. The zero-order chi connectivity index (χ0) is 10.2. The van der Waals surface area contributed by atoms with Crippen molar-refractivity contribution in [2.45, 2.75) is 12.4 Å². The average Bonchev–Trinajstić information content (AvgIpc) is 1.49. The molecule has 0 nitrogen and oxygen atoms in total. The van der Waals surface area contributed by atoms with Crippen molar-refractivity contribution in [2.75, 3.05) is 0 Å². The lowest BCUT2D eigenvalue weighted by atomic mass is 10.1. The van der Waals surface area contributed by atoms with Crippen molar-refractivity contribution in [3.05, 3.63) is 11.6 Å². The van der Waals surface area contributed by atoms with Crippen molar-refractivity contribution in [3.63, 3.8) is 0 Å². The summed E-state index contributed by atoms with van der Waals surface area (Å²) in [5.74, 6) is -3.65. The second kappa shape index (κ2) is 3.16. The van der Waals surface area contributed by atoms with E-state index in [9.17, 15) is 26.3 Å². The van der Waals surface area contributed by atoms with Crippen LogP contribution < -0.4 is 0 Å². The molecule has 0 atom stereocenters. The summed E-state index contributed by atoms with van der Waals surface area (Å²) in [4.78, 5) is 0. The highest BCUT2D eigenvalue weighted by molar-refractivity contribution is 6.29. The molecule has 0 aliphatic carbocycles. The van der Waals surface area contributed by atoms with E-state index in [1.165, 1.54) is 0 Å². The van der Waals surface area contributed by atoms with E-state index in [-0.39, 0.29) is 0 Å². The molecule has 0 rings (SSSR count). The van der Waals surface area contributed by atoms with Crippen LogP contribution in [0, 0.1) is 5.92 Å². The minimum Gasteiger partial charge on any atom is -0.170 e. The Kier molecular flexibility index (Phi) is 3.06. The van der Waals surface area contributed by atoms with Gasteiger partial charge < -0.3 is 0 Å². The molecular formula is C5H3ClF6. The summed E-state index contributed by atoms with van der Waals surface area (Å²) in [6.07, 6.45) is -10.9. The van der Waals surface area contributed by atoms with Crippen LogP contribution in [-0.4, -0.2) is 12.4 Å². The topological polar surface area (TPSA) is 0 Å². The summed E-state index contributed by atoms with van der Waals surface area (Å²) >= 11 is 4.58. The predicted octanol–water partition coefficient (Wildman–Crippen LogP) is 3.48. The van der Waals surface area contributed by atoms with Crippen LogP contribution in [0.3, 0.4) is 0 Å². The number of halogens is 7. The fourth-order valence-corrected chi connectivity index (χ4v) is 0.788. The molecule has 7 heteroatoms. The van der Waals surface area contributed by atoms with Gasteiger partial charge in [-0.3, -0.25) is 0 Å². The van der Waals surface area contributed by atoms with Crippen LogP contribution in [-0.2, 0) is 0 Å². The van der Waals surface area contributed by atoms with Gasteiger partial charge >= 0.3 is 12.4 Å². The average molecular weight is 213 g/mol. The Morgan fingerprint density at radius 2 is 1.25 bits per heavy atom. The summed E-state index contributed by atoms with van der Waals surface area (Å²) in [5.41, 5.74) is 0. The van der Waals surface area contributed by atoms with Crippen molar-refractivity contribution in [2.24, 2.45) is 5.92 Å². The highest BCUT2D eigenvalue weighted by Crippen LogP contribution is 2.44. The number of rotatable bonds is 1. The van der Waals surface area contributed by atoms with Gasteiger partial charge in [-0.1, -0.05) is 18.2 Å². The van der Waals surface area contributed by atoms with E-state index in [2.05, 4.69) is 18.2 Å². The lowest BCUT2D eigenvalue weighted by Gasteiger charge is -2.21. The largest absolute Gasteiger partial charge is 0.405 e. The molecule has 0 saturated carbocycles. The molecule has 0 fully saturated rings. The fraction of sp³-hybridized carbons (Fsp3) is 0.600. The molecule has 0 aromatic carbocycles. The molecule has 0 radical (unpaired) electrons. The van der Waals surface area contributed by atoms with E-state index in [4.69, 9.17) is 0 Å². The molecule has 0 aliphatic heterocycles. The summed E-state index contributed by atoms with van der Waals surface area (Å²) in [7, 11) is 0. The summed E-state index contributed by atoms with van der Waals surface area (Å²) < 4.78 is 69.6. The third-order valence-corrected chi connectivity index (χ3v) is 1.19. The van der Waals surface area contributed by atoms with Gasteiger partial charge in [0.15, 0.2) is 5.92 Å². The first-order chi connectivity index (χ1) is 5.07. The van der Waals surface area contributed by atoms with Gasteiger partial charge in [0.05, 0.1) is 0 Å². The molecular weight excluding hydrogens is 209 g/mol. The highest BCUT2D eigenvalue weighted by atomic mass is 35.5. The standard InChI is InChI=1S/C5H3ClF6/c1-2(6)3(4(7,8)9)5(10,11)12/h3H,1H2. The minimum absolute atomic E-state index is 1.48. The second-order valence-electron chi connectivity index (χ2n) is 1.96. The summed E-state index contributed by atoms with van der Waals surface area (Å²) in [6.45, 7) is 2.41. The van der Waals surface area contributed by atoms with Crippen molar-refractivity contribution < 1.29 is 26.3 Å². The van der Waals surface area contributed by atoms with Crippen molar-refractivity contribution in [1.82, 2.24) is 0 Å². The maximum atomic E-state index is 11.6. The first-order valence-corrected chi connectivity index (χ1v) is 2.92. The van der Waals surface area contributed by atoms with E-state index < -0.39 is 23.3 Å². The molecule has 0 amide bonds. The van der Waals surface area contributed by atoms with E-state index >= 15 is 0 Å². The molecule has 0 bridgehead atoms. The Labute approximate surface area is 68.8 Å². The fourth-order valence-electron chi connectivity index (χ4n) is 0.541. The Morgan fingerprint density at radius 3 is 1.25 bits per heavy atom. The van der Waals surface area contributed by atoms with E-state index in [1.807, 2.05) is 0 Å². The predicted molar refractivity (Wildman–Crippen MR) is 30.6 cm³/mol. The number of alkyl halides is 6. The van der Waals surface area contributed by atoms with Crippen LogP contribution in [0.2, 0.25) is 0 Å². The molecule has 0 aromatic heterocycles. The normalized spacial score (nSPS) is 13.7. The van der Waals surface area contributed by atoms with E-state index in [0.717, 1.165) is 0 Å². The Bertz CT molecular complexity index is 163. The second-order valence-corrected chi connectivity index (χ2v) is 2.45. The molecule has 72 valence electrons. The Hall–Kier alpha value is -0.390. The van der Waals surface area contributed by atoms with Crippen LogP contribution in [0.25, 0.3) is 0 Å². The molecule has 0 unspecified atom stereocenters. The molecule has 0 saturated heterocycles. The van der Waals surface area contributed by atoms with Gasteiger partial charge in [-0.25, -0.2) is 0 Å². The van der Waals surface area contributed by atoms with Crippen LogP contribution in [0.4, 0.5) is 26.3 Å². The smallest absolute Gasteiger partial charge is 0.170 e. The third-order valence-electron chi connectivity index (χ3n) is 0.968. The number of allylic oxidation sites excluding steroid dienone is 1. The molecule has 0 spiro atoms. The third kappa shape index (κ3) is 2.92. The van der Waals surface area contributed by atoms with Crippen molar-refractivity contribution >= 4 is 11.6 Å². The highest BCUT2D eigenvalue weighted by Gasteiger charge is 2.57. The number of hydrogen-bond donors (Lipinski definition) is 0. The lowest BCUT2D eigenvalue weighted by molar-refractivity contribution is -0.269. The van der Waals surface area contributed by atoms with Crippen molar-refractivity contribution in [3.8, 4) is 0 Å². The molecule has 0 aromatic rings. The van der Waals surface area contributed by atoms with Gasteiger partial charge in [0, 0.05) is 5.03 Å². The van der Waals surface area contributed by atoms with E-state index in [1.54, 1.807) is 0 Å². The zero-order valence-electron chi connectivity index (χ0n) is 5.43. The Balaban J connectivity index is 4.82. The van der Waals surface area contributed by atoms with Gasteiger partial charge in [-0.05, 0) is 0 Å². The van der Waals surface area contributed by atoms with Crippen LogP contribution >= 0.6 is 11.6 Å². The summed E-state index contributed by atoms with van der Waals surface area (Å²) in [5, 5.41) is -1.48. The van der Waals surface area contributed by atoms with Crippen LogP contribution in [0.1, 0.15) is 0 Å². The molecule has 0 heterocycles. The molecule has 0 aliphatic rings. The van der Waals surface area contributed by atoms with Crippen molar-refractivity contribution in [1.29, 1.82) is 0 Å². The minimum atomic E-state index is -5.43. The van der Waals surface area contributed by atoms with Gasteiger partial charge in [-0.15, -0.1) is 0 Å². The first kappa shape index (κ1) is 11.6. The zero-order valence-corrected chi connectivity index (χ0v) is 6.19. The van der Waals surface area contributed by atoms with Gasteiger partial charge in [0.25, 0.3) is 0 Å². The van der Waals surface area contributed by atoms with Gasteiger partial charge in [0.2, 0.25) is 0 Å².